The number of carbonyl (C=O) groups excluding carboxylic acids is 2. The van der Waals surface area contributed by atoms with Crippen molar-refractivity contribution >= 4 is 17.5 Å². The quantitative estimate of drug-likeness (QED) is 0.876. The van der Waals surface area contributed by atoms with Gasteiger partial charge in [-0.25, -0.2) is 4.98 Å². The highest BCUT2D eigenvalue weighted by atomic mass is 16.2. The number of nitrogens with one attached hydrogen (secondary N) is 1. The molecule has 1 unspecified atom stereocenters. The summed E-state index contributed by atoms with van der Waals surface area (Å²) in [4.78, 5) is 31.8. The van der Waals surface area contributed by atoms with Gasteiger partial charge in [0.2, 0.25) is 0 Å². The number of benzene rings is 1. The van der Waals surface area contributed by atoms with Crippen molar-refractivity contribution in [3.05, 3.63) is 58.9 Å². The number of aryl methyl sites for hydroxylation is 2. The van der Waals surface area contributed by atoms with Crippen LogP contribution in [0.3, 0.4) is 0 Å². The van der Waals surface area contributed by atoms with Gasteiger partial charge in [0.1, 0.15) is 11.4 Å². The fraction of sp³-hybridized carbons (Fsp3) is 0.409. The van der Waals surface area contributed by atoms with Crippen molar-refractivity contribution in [2.75, 3.05) is 11.9 Å². The summed E-state index contributed by atoms with van der Waals surface area (Å²) in [6.45, 7) is 6.91. The largest absolute Gasteiger partial charge is 0.334 e. The Balaban J connectivity index is 1.77. The van der Waals surface area contributed by atoms with Crippen LogP contribution in [-0.2, 0) is 0 Å². The molecule has 0 radical (unpaired) electrons. The lowest BCUT2D eigenvalue weighted by molar-refractivity contribution is 0.0602. The zero-order valence-corrected chi connectivity index (χ0v) is 16.3. The van der Waals surface area contributed by atoms with Crippen LogP contribution in [0.4, 0.5) is 5.69 Å². The molecule has 1 N–H and O–H groups in total. The van der Waals surface area contributed by atoms with Crippen molar-refractivity contribution in [1.29, 1.82) is 0 Å². The summed E-state index contributed by atoms with van der Waals surface area (Å²) >= 11 is 0. The van der Waals surface area contributed by atoms with Crippen LogP contribution < -0.4 is 5.32 Å². The Morgan fingerprint density at radius 1 is 1.11 bits per heavy atom. The molecular weight excluding hydrogens is 338 g/mol. The number of likely N-dealkylation sites (tertiary alicyclic amines) is 1. The van der Waals surface area contributed by atoms with Crippen LogP contribution in [-0.4, -0.2) is 34.3 Å². The van der Waals surface area contributed by atoms with Gasteiger partial charge in [-0.2, -0.15) is 0 Å². The molecule has 2 heterocycles. The smallest absolute Gasteiger partial charge is 0.274 e. The summed E-state index contributed by atoms with van der Waals surface area (Å²) in [5, 5.41) is 2.87. The van der Waals surface area contributed by atoms with Gasteiger partial charge in [-0.15, -0.1) is 0 Å². The van der Waals surface area contributed by atoms with E-state index in [0.717, 1.165) is 43.5 Å². The van der Waals surface area contributed by atoms with Gasteiger partial charge in [-0.3, -0.25) is 9.59 Å². The maximum absolute atomic E-state index is 12.9. The highest BCUT2D eigenvalue weighted by Gasteiger charge is 2.27. The molecule has 142 valence electrons. The Hall–Kier alpha value is -2.69. The van der Waals surface area contributed by atoms with Crippen LogP contribution in [0, 0.1) is 13.8 Å². The first-order valence-electron chi connectivity index (χ1n) is 9.66. The fourth-order valence-electron chi connectivity index (χ4n) is 3.53. The molecule has 1 aromatic carbocycles. The van der Waals surface area contributed by atoms with E-state index in [1.54, 1.807) is 18.2 Å². The lowest BCUT2D eigenvalue weighted by Gasteiger charge is -2.35. The average Bonchev–Trinajstić information content (AvgIpc) is 2.70. The standard InChI is InChI=1S/C22H27N3O2/c1-4-18-8-5-6-13-25(18)22(27)20-10-7-9-19(24-20)21(26)23-17-12-11-15(2)16(3)14-17/h7,9-12,14,18H,4-6,8,13H2,1-3H3,(H,23,26). The van der Waals surface area contributed by atoms with E-state index in [2.05, 4.69) is 17.2 Å². The normalized spacial score (nSPS) is 16.9. The summed E-state index contributed by atoms with van der Waals surface area (Å²) in [7, 11) is 0. The van der Waals surface area contributed by atoms with E-state index in [1.165, 1.54) is 5.56 Å². The number of carbonyl (C=O) groups is 2. The number of anilines is 1. The van der Waals surface area contributed by atoms with Crippen molar-refractivity contribution in [2.24, 2.45) is 0 Å². The van der Waals surface area contributed by atoms with Gasteiger partial charge in [0.15, 0.2) is 0 Å². The van der Waals surface area contributed by atoms with Crippen molar-refractivity contribution in [3.63, 3.8) is 0 Å². The zero-order chi connectivity index (χ0) is 19.4. The fourth-order valence-corrected chi connectivity index (χ4v) is 3.53. The van der Waals surface area contributed by atoms with Crippen LogP contribution in [0.25, 0.3) is 0 Å². The summed E-state index contributed by atoms with van der Waals surface area (Å²) in [6, 6.07) is 11.1. The molecule has 1 fully saturated rings. The molecule has 2 aromatic rings. The molecule has 0 bridgehead atoms. The minimum atomic E-state index is -0.307. The van der Waals surface area contributed by atoms with E-state index < -0.39 is 0 Å². The Morgan fingerprint density at radius 2 is 1.89 bits per heavy atom. The minimum Gasteiger partial charge on any atom is -0.334 e. The maximum Gasteiger partial charge on any atom is 0.274 e. The third-order valence-corrected chi connectivity index (χ3v) is 5.32. The average molecular weight is 365 g/mol. The second-order valence-corrected chi connectivity index (χ2v) is 7.22. The highest BCUT2D eigenvalue weighted by molar-refractivity contribution is 6.04. The molecule has 0 spiro atoms. The molecule has 0 saturated carbocycles. The number of pyridine rings is 1. The predicted octanol–water partition coefficient (Wildman–Crippen LogP) is 4.36. The first-order valence-corrected chi connectivity index (χ1v) is 9.66. The predicted molar refractivity (Wildman–Crippen MR) is 107 cm³/mol. The molecule has 1 aliphatic rings. The Morgan fingerprint density at radius 3 is 2.63 bits per heavy atom. The number of aromatic nitrogens is 1. The van der Waals surface area contributed by atoms with Gasteiger partial charge in [0.05, 0.1) is 0 Å². The maximum atomic E-state index is 12.9. The summed E-state index contributed by atoms with van der Waals surface area (Å²) in [6.07, 6.45) is 4.16. The first-order chi connectivity index (χ1) is 13.0. The Labute approximate surface area is 160 Å². The lowest BCUT2D eigenvalue weighted by Crippen LogP contribution is -2.43. The van der Waals surface area contributed by atoms with Crippen molar-refractivity contribution in [2.45, 2.75) is 52.5 Å². The Kier molecular flexibility index (Phi) is 5.89. The van der Waals surface area contributed by atoms with E-state index in [1.807, 2.05) is 36.9 Å². The molecule has 3 rings (SSSR count). The second-order valence-electron chi connectivity index (χ2n) is 7.22. The molecule has 27 heavy (non-hydrogen) atoms. The molecule has 2 amide bonds. The van der Waals surface area contributed by atoms with Gasteiger partial charge in [0, 0.05) is 18.3 Å². The monoisotopic (exact) mass is 365 g/mol. The Bertz CT molecular complexity index is 847. The second kappa shape index (κ2) is 8.33. The van der Waals surface area contributed by atoms with Gasteiger partial charge >= 0.3 is 0 Å². The number of amides is 2. The molecule has 5 heteroatoms. The van der Waals surface area contributed by atoms with E-state index in [9.17, 15) is 9.59 Å². The highest BCUT2D eigenvalue weighted by Crippen LogP contribution is 2.21. The lowest BCUT2D eigenvalue weighted by atomic mass is 9.99. The van der Waals surface area contributed by atoms with Crippen LogP contribution in [0.15, 0.2) is 36.4 Å². The number of hydrogen-bond acceptors (Lipinski definition) is 3. The molecule has 0 aliphatic carbocycles. The SMILES string of the molecule is CCC1CCCCN1C(=O)c1cccc(C(=O)Nc2ccc(C)c(C)c2)n1. The van der Waals surface area contributed by atoms with Gasteiger partial charge < -0.3 is 10.2 Å². The number of piperidine rings is 1. The van der Waals surface area contributed by atoms with Crippen molar-refractivity contribution in [1.82, 2.24) is 9.88 Å². The van der Waals surface area contributed by atoms with E-state index in [4.69, 9.17) is 0 Å². The number of rotatable bonds is 4. The van der Waals surface area contributed by atoms with E-state index in [0.29, 0.717) is 5.69 Å². The third kappa shape index (κ3) is 4.35. The first kappa shape index (κ1) is 19.1. The van der Waals surface area contributed by atoms with Crippen LogP contribution in [0.1, 0.15) is 64.7 Å². The molecule has 1 aromatic heterocycles. The summed E-state index contributed by atoms with van der Waals surface area (Å²) < 4.78 is 0. The summed E-state index contributed by atoms with van der Waals surface area (Å²) in [5.74, 6) is -0.388. The van der Waals surface area contributed by atoms with E-state index >= 15 is 0 Å². The van der Waals surface area contributed by atoms with Crippen molar-refractivity contribution in [3.8, 4) is 0 Å². The van der Waals surface area contributed by atoms with Crippen molar-refractivity contribution < 1.29 is 9.59 Å². The minimum absolute atomic E-state index is 0.0811. The topological polar surface area (TPSA) is 62.3 Å². The van der Waals surface area contributed by atoms with Crippen LogP contribution >= 0.6 is 0 Å². The van der Waals surface area contributed by atoms with E-state index in [-0.39, 0.29) is 23.6 Å². The third-order valence-electron chi connectivity index (χ3n) is 5.32. The van der Waals surface area contributed by atoms with Gasteiger partial charge in [0.25, 0.3) is 11.8 Å². The summed E-state index contributed by atoms with van der Waals surface area (Å²) in [5.41, 5.74) is 3.60. The molecule has 1 aliphatic heterocycles. The van der Waals surface area contributed by atoms with Gasteiger partial charge in [-0.1, -0.05) is 19.1 Å². The molecule has 5 nitrogen and oxygen atoms in total. The zero-order valence-electron chi connectivity index (χ0n) is 16.3. The molecular formula is C22H27N3O2. The number of nitrogens with zero attached hydrogens (tertiary/aromatic N) is 2. The van der Waals surface area contributed by atoms with Crippen LogP contribution in [0.2, 0.25) is 0 Å². The number of hydrogen-bond donors (Lipinski definition) is 1. The van der Waals surface area contributed by atoms with Crippen LogP contribution in [0.5, 0.6) is 0 Å². The molecule has 1 atom stereocenters. The van der Waals surface area contributed by atoms with Gasteiger partial charge in [-0.05, 0) is 74.9 Å². The molecule has 1 saturated heterocycles.